The number of benzene rings is 1. The Hall–Kier alpha value is -2.35. The van der Waals surface area contributed by atoms with E-state index in [4.69, 9.17) is 10.00 Å². The van der Waals surface area contributed by atoms with E-state index in [-0.39, 0.29) is 12.2 Å². The number of nitrogens with zero attached hydrogens (tertiary/aromatic N) is 1. The van der Waals surface area contributed by atoms with Crippen molar-refractivity contribution < 1.29 is 19.4 Å². The van der Waals surface area contributed by atoms with Gasteiger partial charge in [0.25, 0.3) is 0 Å². The molecule has 0 bridgehead atoms. The van der Waals surface area contributed by atoms with Gasteiger partial charge in [-0.05, 0) is 44.2 Å². The number of ether oxygens (including phenoxy) is 1. The van der Waals surface area contributed by atoms with Crippen molar-refractivity contribution in [3.8, 4) is 6.07 Å². The molecule has 0 fully saturated rings. The van der Waals surface area contributed by atoms with Crippen LogP contribution in [0.3, 0.4) is 0 Å². The van der Waals surface area contributed by atoms with Gasteiger partial charge in [0, 0.05) is 5.56 Å². The smallest absolute Gasteiger partial charge is 0.323 e. The summed E-state index contributed by atoms with van der Waals surface area (Å²) >= 11 is 0. The Morgan fingerprint density at radius 1 is 1.43 bits per heavy atom. The highest BCUT2D eigenvalue weighted by molar-refractivity contribution is 5.88. The summed E-state index contributed by atoms with van der Waals surface area (Å²) in [5, 5.41) is 20.0. The molecule has 0 saturated heterocycles. The van der Waals surface area contributed by atoms with E-state index in [0.29, 0.717) is 24.8 Å². The normalized spacial score (nSPS) is 11.5. The predicted molar refractivity (Wildman–Crippen MR) is 74.2 cm³/mol. The number of hydrogen-bond acceptors (Lipinski definition) is 5. The zero-order chi connectivity index (χ0) is 15.8. The van der Waals surface area contributed by atoms with E-state index in [1.807, 2.05) is 19.1 Å². The van der Waals surface area contributed by atoms with Gasteiger partial charge in [0.15, 0.2) is 0 Å². The van der Waals surface area contributed by atoms with Gasteiger partial charge in [-0.1, -0.05) is 18.2 Å². The molecule has 5 nitrogen and oxygen atoms in total. The topological polar surface area (TPSA) is 90.2 Å². The molecule has 112 valence electrons. The molecule has 0 aromatic heterocycles. The van der Waals surface area contributed by atoms with Crippen LogP contribution in [0.1, 0.15) is 41.3 Å². The Morgan fingerprint density at radius 3 is 2.71 bits per heavy atom. The highest BCUT2D eigenvalue weighted by Crippen LogP contribution is 2.18. The largest absolute Gasteiger partial charge is 0.545 e. The molecular formula is C16H18NO4-. The van der Waals surface area contributed by atoms with Crippen LogP contribution in [0.4, 0.5) is 0 Å². The number of carboxylic acids is 1. The first-order valence-corrected chi connectivity index (χ1v) is 6.87. The van der Waals surface area contributed by atoms with Gasteiger partial charge in [-0.15, -0.1) is 0 Å². The molecule has 0 saturated carbocycles. The number of carbonyl (C=O) groups excluding carboxylic acids is 2. The SMILES string of the molecule is CCOC(=O)C(C#N)CCCc1c(C)cccc1C(=O)[O-]. The monoisotopic (exact) mass is 288 g/mol. The van der Waals surface area contributed by atoms with E-state index in [1.165, 1.54) is 6.07 Å². The van der Waals surface area contributed by atoms with Crippen molar-refractivity contribution in [2.45, 2.75) is 33.1 Å². The maximum atomic E-state index is 11.5. The quantitative estimate of drug-likeness (QED) is 0.707. The van der Waals surface area contributed by atoms with E-state index in [1.54, 1.807) is 13.0 Å². The summed E-state index contributed by atoms with van der Waals surface area (Å²) in [5.74, 6) is -2.54. The van der Waals surface area contributed by atoms with Crippen molar-refractivity contribution in [2.24, 2.45) is 5.92 Å². The van der Waals surface area contributed by atoms with Crippen LogP contribution in [-0.4, -0.2) is 18.5 Å². The fourth-order valence-corrected chi connectivity index (χ4v) is 2.19. The van der Waals surface area contributed by atoms with Crippen LogP contribution in [0, 0.1) is 24.2 Å². The minimum Gasteiger partial charge on any atom is -0.545 e. The van der Waals surface area contributed by atoms with Gasteiger partial charge >= 0.3 is 5.97 Å². The van der Waals surface area contributed by atoms with Crippen molar-refractivity contribution in [2.75, 3.05) is 6.61 Å². The summed E-state index contributed by atoms with van der Waals surface area (Å²) < 4.78 is 4.82. The van der Waals surface area contributed by atoms with Crippen molar-refractivity contribution in [3.05, 3.63) is 34.9 Å². The van der Waals surface area contributed by atoms with E-state index >= 15 is 0 Å². The molecule has 1 atom stereocenters. The number of carboxylic acid groups (broad SMARTS) is 1. The molecule has 21 heavy (non-hydrogen) atoms. The summed E-state index contributed by atoms with van der Waals surface area (Å²) in [6, 6.07) is 6.92. The van der Waals surface area contributed by atoms with Gasteiger partial charge in [-0.2, -0.15) is 5.26 Å². The molecule has 0 N–H and O–H groups in total. The lowest BCUT2D eigenvalue weighted by Gasteiger charge is -2.14. The van der Waals surface area contributed by atoms with E-state index in [0.717, 1.165) is 5.56 Å². The summed E-state index contributed by atoms with van der Waals surface area (Å²) in [6.07, 6.45) is 1.35. The first-order chi connectivity index (χ1) is 10.0. The molecule has 0 aliphatic carbocycles. The lowest BCUT2D eigenvalue weighted by Crippen LogP contribution is -2.24. The van der Waals surface area contributed by atoms with E-state index in [2.05, 4.69) is 0 Å². The van der Waals surface area contributed by atoms with Crippen LogP contribution >= 0.6 is 0 Å². The molecular weight excluding hydrogens is 270 g/mol. The number of nitriles is 1. The van der Waals surface area contributed by atoms with Crippen molar-refractivity contribution in [1.82, 2.24) is 0 Å². The lowest BCUT2D eigenvalue weighted by molar-refractivity contribution is -0.255. The highest BCUT2D eigenvalue weighted by Gasteiger charge is 2.19. The van der Waals surface area contributed by atoms with Crippen LogP contribution in [0.2, 0.25) is 0 Å². The fourth-order valence-electron chi connectivity index (χ4n) is 2.19. The first kappa shape index (κ1) is 16.7. The zero-order valence-corrected chi connectivity index (χ0v) is 12.2. The second-order valence-electron chi connectivity index (χ2n) is 4.71. The van der Waals surface area contributed by atoms with Crippen molar-refractivity contribution in [3.63, 3.8) is 0 Å². The Bertz CT molecular complexity index is 560. The molecule has 0 aliphatic rings. The van der Waals surface area contributed by atoms with Gasteiger partial charge in [0.05, 0.1) is 18.6 Å². The van der Waals surface area contributed by atoms with Gasteiger partial charge in [-0.3, -0.25) is 4.79 Å². The first-order valence-electron chi connectivity index (χ1n) is 6.87. The minimum absolute atomic E-state index is 0.166. The number of aryl methyl sites for hydroxylation is 1. The zero-order valence-electron chi connectivity index (χ0n) is 12.2. The van der Waals surface area contributed by atoms with Gasteiger partial charge in [0.2, 0.25) is 0 Å². The second-order valence-corrected chi connectivity index (χ2v) is 4.71. The van der Waals surface area contributed by atoms with Crippen molar-refractivity contribution >= 4 is 11.9 Å². The Labute approximate surface area is 124 Å². The standard InChI is InChI=1S/C16H19NO4/c1-3-21-16(20)12(10-17)7-5-8-13-11(2)6-4-9-14(13)15(18)19/h4,6,9,12H,3,5,7-8H2,1-2H3,(H,18,19)/p-1. The number of esters is 1. The number of carbonyl (C=O) groups is 2. The third kappa shape index (κ3) is 4.60. The summed E-state index contributed by atoms with van der Waals surface area (Å²) in [7, 11) is 0. The molecule has 1 unspecified atom stereocenters. The Kier molecular flexibility index (Phi) is 6.41. The van der Waals surface area contributed by atoms with Gasteiger partial charge in [0.1, 0.15) is 5.92 Å². The van der Waals surface area contributed by atoms with Gasteiger partial charge in [-0.25, -0.2) is 0 Å². The molecule has 0 spiro atoms. The molecule has 1 rings (SSSR count). The van der Waals surface area contributed by atoms with E-state index in [9.17, 15) is 14.7 Å². The maximum Gasteiger partial charge on any atom is 0.323 e. The van der Waals surface area contributed by atoms with Crippen molar-refractivity contribution in [1.29, 1.82) is 5.26 Å². The molecule has 1 aromatic rings. The maximum absolute atomic E-state index is 11.5. The Morgan fingerprint density at radius 2 is 2.14 bits per heavy atom. The summed E-state index contributed by atoms with van der Waals surface area (Å²) in [5.41, 5.74) is 1.72. The second kappa shape index (κ2) is 8.05. The van der Waals surface area contributed by atoms with Crippen LogP contribution in [0.5, 0.6) is 0 Å². The van der Waals surface area contributed by atoms with Crippen LogP contribution < -0.4 is 5.11 Å². The van der Waals surface area contributed by atoms with Crippen LogP contribution in [0.15, 0.2) is 18.2 Å². The van der Waals surface area contributed by atoms with Crippen LogP contribution in [0.25, 0.3) is 0 Å². The Balaban J connectivity index is 2.70. The molecule has 0 amide bonds. The highest BCUT2D eigenvalue weighted by atomic mass is 16.5. The summed E-state index contributed by atoms with van der Waals surface area (Å²) in [4.78, 5) is 22.6. The molecule has 5 heteroatoms. The van der Waals surface area contributed by atoms with Crippen LogP contribution in [-0.2, 0) is 16.0 Å². The van der Waals surface area contributed by atoms with E-state index < -0.39 is 17.9 Å². The lowest BCUT2D eigenvalue weighted by atomic mass is 9.94. The average molecular weight is 288 g/mol. The average Bonchev–Trinajstić information content (AvgIpc) is 2.44. The minimum atomic E-state index is -1.21. The number of hydrogen-bond donors (Lipinski definition) is 0. The molecule has 0 radical (unpaired) electrons. The fraction of sp³-hybridized carbons (Fsp3) is 0.438. The van der Waals surface area contributed by atoms with Gasteiger partial charge < -0.3 is 14.6 Å². The summed E-state index contributed by atoms with van der Waals surface area (Å²) in [6.45, 7) is 3.75. The molecule has 0 aliphatic heterocycles. The number of rotatable bonds is 7. The predicted octanol–water partition coefficient (Wildman–Crippen LogP) is 1.38. The molecule has 1 aromatic carbocycles. The number of aromatic carboxylic acids is 1. The third-order valence-electron chi connectivity index (χ3n) is 3.28. The third-order valence-corrected chi connectivity index (χ3v) is 3.28. The molecule has 0 heterocycles.